The zero-order valence-electron chi connectivity index (χ0n) is 19.2. The highest BCUT2D eigenvalue weighted by molar-refractivity contribution is 6.30. The Morgan fingerprint density at radius 1 is 1.15 bits per heavy atom. The number of hydrogen-bond donors (Lipinski definition) is 1. The van der Waals surface area contributed by atoms with Crippen molar-refractivity contribution in [3.63, 3.8) is 0 Å². The van der Waals surface area contributed by atoms with Gasteiger partial charge in [0.2, 0.25) is 0 Å². The molecule has 0 spiro atoms. The first-order valence-corrected chi connectivity index (χ1v) is 12.3. The highest BCUT2D eigenvalue weighted by Crippen LogP contribution is 2.40. The van der Waals surface area contributed by atoms with Gasteiger partial charge in [-0.1, -0.05) is 30.7 Å². The van der Waals surface area contributed by atoms with E-state index in [4.69, 9.17) is 11.6 Å². The number of halogens is 1. The van der Waals surface area contributed by atoms with Crippen LogP contribution in [0, 0.1) is 0 Å². The summed E-state index contributed by atoms with van der Waals surface area (Å²) in [5, 5.41) is 0.929. The molecular formula is C25H28ClN5O3. The minimum atomic E-state index is -0.551. The van der Waals surface area contributed by atoms with Gasteiger partial charge in [0.05, 0.1) is 10.9 Å². The molecule has 1 saturated heterocycles. The summed E-state index contributed by atoms with van der Waals surface area (Å²) in [6.07, 6.45) is 2.74. The lowest BCUT2D eigenvalue weighted by atomic mass is 10.1. The normalized spacial score (nSPS) is 16.8. The standard InChI is InChI=1S/C25H28ClN5O3/c1-2-8-31-22-21(23(32)28-25(31)34)19(14-20(27-22)17-6-7-17)24(33)30-11-9-29(10-12-30)15-16-4-3-5-18(26)13-16/h3-5,13-14,17H,2,6-12,15H2,1H3,(H,28,32,34). The summed E-state index contributed by atoms with van der Waals surface area (Å²) in [6.45, 7) is 5.76. The fraction of sp³-hybridized carbons (Fsp3) is 0.440. The number of aromatic nitrogens is 3. The second-order valence-electron chi connectivity index (χ2n) is 9.18. The van der Waals surface area contributed by atoms with Crippen molar-refractivity contribution < 1.29 is 4.79 Å². The lowest BCUT2D eigenvalue weighted by molar-refractivity contribution is 0.0630. The molecule has 178 valence electrons. The van der Waals surface area contributed by atoms with Crippen LogP contribution in [0.3, 0.4) is 0 Å². The highest BCUT2D eigenvalue weighted by atomic mass is 35.5. The lowest BCUT2D eigenvalue weighted by Gasteiger charge is -2.35. The predicted molar refractivity (Wildman–Crippen MR) is 132 cm³/mol. The maximum absolute atomic E-state index is 13.6. The van der Waals surface area contributed by atoms with Crippen molar-refractivity contribution in [3.8, 4) is 0 Å². The van der Waals surface area contributed by atoms with Crippen molar-refractivity contribution in [1.82, 2.24) is 24.3 Å². The third kappa shape index (κ3) is 4.52. The highest BCUT2D eigenvalue weighted by Gasteiger charge is 2.31. The Morgan fingerprint density at radius 3 is 2.59 bits per heavy atom. The fourth-order valence-electron chi connectivity index (χ4n) is 4.65. The van der Waals surface area contributed by atoms with Crippen LogP contribution in [0.25, 0.3) is 11.0 Å². The number of aromatic amines is 1. The molecule has 0 bridgehead atoms. The summed E-state index contributed by atoms with van der Waals surface area (Å²) in [5.74, 6) is 0.110. The van der Waals surface area contributed by atoms with Crippen LogP contribution in [0.4, 0.5) is 0 Å². The largest absolute Gasteiger partial charge is 0.336 e. The van der Waals surface area contributed by atoms with E-state index in [0.717, 1.165) is 43.7 Å². The molecule has 2 aliphatic rings. The van der Waals surface area contributed by atoms with Crippen molar-refractivity contribution in [2.75, 3.05) is 26.2 Å². The number of fused-ring (bicyclic) bond motifs is 1. The second kappa shape index (κ2) is 9.35. The van der Waals surface area contributed by atoms with Gasteiger partial charge >= 0.3 is 5.69 Å². The Kier molecular flexibility index (Phi) is 6.27. The molecule has 1 aliphatic heterocycles. The van der Waals surface area contributed by atoms with Gasteiger partial charge in [-0.15, -0.1) is 0 Å². The number of carbonyl (C=O) groups excluding carboxylic acids is 1. The van der Waals surface area contributed by atoms with Crippen molar-refractivity contribution in [2.24, 2.45) is 0 Å². The Morgan fingerprint density at radius 2 is 1.91 bits per heavy atom. The number of carbonyl (C=O) groups is 1. The average molecular weight is 482 g/mol. The number of hydrogen-bond acceptors (Lipinski definition) is 5. The third-order valence-corrected chi connectivity index (χ3v) is 6.83. The van der Waals surface area contributed by atoms with Gasteiger partial charge in [-0.05, 0) is 43.0 Å². The van der Waals surface area contributed by atoms with Gasteiger partial charge in [-0.3, -0.25) is 24.0 Å². The molecule has 8 nitrogen and oxygen atoms in total. The van der Waals surface area contributed by atoms with Gasteiger partial charge in [0.1, 0.15) is 0 Å². The molecule has 1 aromatic carbocycles. The molecule has 34 heavy (non-hydrogen) atoms. The summed E-state index contributed by atoms with van der Waals surface area (Å²) in [4.78, 5) is 50.1. The quantitative estimate of drug-likeness (QED) is 0.584. The number of nitrogens with zero attached hydrogens (tertiary/aromatic N) is 4. The molecule has 1 N–H and O–H groups in total. The van der Waals surface area contributed by atoms with E-state index in [0.29, 0.717) is 42.3 Å². The first-order valence-electron chi connectivity index (χ1n) is 11.9. The lowest BCUT2D eigenvalue weighted by Crippen LogP contribution is -2.48. The monoisotopic (exact) mass is 481 g/mol. The number of aryl methyl sites for hydroxylation is 1. The van der Waals surface area contributed by atoms with E-state index >= 15 is 0 Å². The van der Waals surface area contributed by atoms with Crippen LogP contribution in [0.1, 0.15) is 53.7 Å². The van der Waals surface area contributed by atoms with Crippen LogP contribution in [0.15, 0.2) is 39.9 Å². The molecule has 9 heteroatoms. The van der Waals surface area contributed by atoms with Gasteiger partial charge in [0, 0.05) is 55.9 Å². The van der Waals surface area contributed by atoms with Crippen LogP contribution in [-0.2, 0) is 13.1 Å². The predicted octanol–water partition coefficient (Wildman–Crippen LogP) is 2.98. The molecule has 1 amide bonds. The van der Waals surface area contributed by atoms with E-state index in [9.17, 15) is 14.4 Å². The van der Waals surface area contributed by atoms with E-state index in [1.54, 1.807) is 11.0 Å². The zero-order chi connectivity index (χ0) is 23.8. The number of piperazine rings is 1. The van der Waals surface area contributed by atoms with Crippen molar-refractivity contribution in [1.29, 1.82) is 0 Å². The number of H-pyrrole nitrogens is 1. The average Bonchev–Trinajstić information content (AvgIpc) is 3.67. The van der Waals surface area contributed by atoms with Gasteiger partial charge < -0.3 is 4.90 Å². The first-order chi connectivity index (χ1) is 16.4. The van der Waals surface area contributed by atoms with Crippen molar-refractivity contribution in [3.05, 3.63) is 73.0 Å². The van der Waals surface area contributed by atoms with Crippen LogP contribution in [0.5, 0.6) is 0 Å². The van der Waals surface area contributed by atoms with E-state index in [1.165, 1.54) is 4.57 Å². The molecule has 0 radical (unpaired) electrons. The van der Waals surface area contributed by atoms with Crippen LogP contribution in [-0.4, -0.2) is 56.4 Å². The maximum atomic E-state index is 13.6. The molecule has 1 saturated carbocycles. The topological polar surface area (TPSA) is 91.3 Å². The Balaban J connectivity index is 1.43. The van der Waals surface area contributed by atoms with Crippen molar-refractivity contribution >= 4 is 28.5 Å². The Hall–Kier alpha value is -2.97. The minimum Gasteiger partial charge on any atom is -0.336 e. The van der Waals surface area contributed by atoms with E-state index < -0.39 is 11.2 Å². The van der Waals surface area contributed by atoms with Crippen LogP contribution in [0.2, 0.25) is 5.02 Å². The molecule has 1 aliphatic carbocycles. The smallest absolute Gasteiger partial charge is 0.329 e. The molecule has 5 rings (SSSR count). The summed E-state index contributed by atoms with van der Waals surface area (Å²) in [6, 6.07) is 9.59. The number of amides is 1. The SMILES string of the molecule is CCCn1c(=O)[nH]c(=O)c2c(C(=O)N3CCN(Cc4cccc(Cl)c4)CC3)cc(C3CC3)nc21. The summed E-state index contributed by atoms with van der Waals surface area (Å²) in [7, 11) is 0. The molecule has 3 aromatic rings. The number of nitrogens with one attached hydrogen (secondary N) is 1. The van der Waals surface area contributed by atoms with E-state index in [2.05, 4.69) is 14.9 Å². The number of pyridine rings is 1. The van der Waals surface area contributed by atoms with Gasteiger partial charge in [0.15, 0.2) is 5.65 Å². The Bertz CT molecular complexity index is 1350. The van der Waals surface area contributed by atoms with Crippen molar-refractivity contribution in [2.45, 2.75) is 45.2 Å². The number of benzene rings is 1. The summed E-state index contributed by atoms with van der Waals surface area (Å²) < 4.78 is 1.49. The zero-order valence-corrected chi connectivity index (χ0v) is 20.0. The van der Waals surface area contributed by atoms with Crippen LogP contribution < -0.4 is 11.2 Å². The molecule has 0 unspecified atom stereocenters. The molecule has 2 aromatic heterocycles. The Labute approximate surface area is 202 Å². The molecule has 0 atom stereocenters. The minimum absolute atomic E-state index is 0.177. The first kappa shape index (κ1) is 22.8. The van der Waals surface area contributed by atoms with Crippen LogP contribution >= 0.6 is 11.6 Å². The van der Waals surface area contributed by atoms with Gasteiger partial charge in [0.25, 0.3) is 11.5 Å². The molecular weight excluding hydrogens is 454 g/mol. The summed E-state index contributed by atoms with van der Waals surface area (Å²) >= 11 is 6.11. The maximum Gasteiger partial charge on any atom is 0.329 e. The fourth-order valence-corrected chi connectivity index (χ4v) is 4.87. The third-order valence-electron chi connectivity index (χ3n) is 6.60. The van der Waals surface area contributed by atoms with Gasteiger partial charge in [-0.25, -0.2) is 9.78 Å². The number of rotatable bonds is 6. The van der Waals surface area contributed by atoms with Gasteiger partial charge in [-0.2, -0.15) is 0 Å². The summed E-state index contributed by atoms with van der Waals surface area (Å²) in [5.41, 5.74) is 1.58. The molecule has 2 fully saturated rings. The van der Waals surface area contributed by atoms with E-state index in [1.807, 2.05) is 31.2 Å². The van der Waals surface area contributed by atoms with E-state index in [-0.39, 0.29) is 17.2 Å². The molecule has 3 heterocycles. The second-order valence-corrected chi connectivity index (χ2v) is 9.61.